The summed E-state index contributed by atoms with van der Waals surface area (Å²) < 4.78 is 5.77. The van der Waals surface area contributed by atoms with Crippen molar-refractivity contribution in [3.63, 3.8) is 0 Å². The van der Waals surface area contributed by atoms with E-state index in [9.17, 15) is 4.79 Å². The van der Waals surface area contributed by atoms with Crippen LogP contribution in [0.5, 0.6) is 0 Å². The molecule has 6 rings (SSSR count). The molecular formula is C30H25Cl2N5O2. The zero-order chi connectivity index (χ0) is 26.8. The van der Waals surface area contributed by atoms with Crippen molar-refractivity contribution in [3.8, 4) is 11.3 Å². The standard InChI is InChI=1S/C30H25Cl2N5O2/c31-23-17-22(18-24(32)19-23)30(38)37-13-7-12-36(14-15-37)28-26-27(21-10-5-2-6-11-21)35-39-29(26)34-25(33-28)16-20-8-3-1-4-9-20/h1-6,8-11,17-19H,7,12-16H2. The van der Waals surface area contributed by atoms with Crippen LogP contribution in [0.4, 0.5) is 5.82 Å². The van der Waals surface area contributed by atoms with E-state index in [-0.39, 0.29) is 5.91 Å². The first-order valence-corrected chi connectivity index (χ1v) is 13.6. The fourth-order valence-electron chi connectivity index (χ4n) is 4.95. The summed E-state index contributed by atoms with van der Waals surface area (Å²) in [6.07, 6.45) is 1.34. The van der Waals surface area contributed by atoms with Gasteiger partial charge < -0.3 is 14.3 Å². The normalized spacial score (nSPS) is 14.0. The summed E-state index contributed by atoms with van der Waals surface area (Å²) in [5.74, 6) is 1.34. The molecule has 3 aromatic carbocycles. The molecule has 0 unspecified atom stereocenters. The van der Waals surface area contributed by atoms with Crippen molar-refractivity contribution in [2.75, 3.05) is 31.1 Å². The third-order valence-corrected chi connectivity index (χ3v) is 7.24. The predicted octanol–water partition coefficient (Wildman–Crippen LogP) is 6.53. The van der Waals surface area contributed by atoms with E-state index in [0.29, 0.717) is 58.9 Å². The van der Waals surface area contributed by atoms with Crippen LogP contribution in [0.1, 0.15) is 28.2 Å². The van der Waals surface area contributed by atoms with Gasteiger partial charge in [-0.15, -0.1) is 0 Å². The molecule has 0 saturated carbocycles. The Bertz CT molecular complexity index is 1610. The molecule has 0 atom stereocenters. The maximum atomic E-state index is 13.3. The van der Waals surface area contributed by atoms with E-state index >= 15 is 0 Å². The Morgan fingerprint density at radius 1 is 0.846 bits per heavy atom. The third kappa shape index (κ3) is 5.46. The van der Waals surface area contributed by atoms with Gasteiger partial charge in [-0.05, 0) is 30.2 Å². The molecule has 0 bridgehead atoms. The van der Waals surface area contributed by atoms with Gasteiger partial charge in [0.05, 0.1) is 0 Å². The Morgan fingerprint density at radius 2 is 1.56 bits per heavy atom. The monoisotopic (exact) mass is 557 g/mol. The molecular weight excluding hydrogens is 533 g/mol. The van der Waals surface area contributed by atoms with Crippen molar-refractivity contribution in [2.24, 2.45) is 0 Å². The molecule has 196 valence electrons. The average Bonchev–Trinajstić information content (AvgIpc) is 3.22. The van der Waals surface area contributed by atoms with Crippen molar-refractivity contribution >= 4 is 46.0 Å². The van der Waals surface area contributed by atoms with Crippen LogP contribution in [-0.2, 0) is 6.42 Å². The van der Waals surface area contributed by atoms with Crippen LogP contribution < -0.4 is 4.90 Å². The number of benzene rings is 3. The second-order valence-electron chi connectivity index (χ2n) is 9.49. The number of carbonyl (C=O) groups excluding carboxylic acids is 1. The maximum absolute atomic E-state index is 13.3. The first-order chi connectivity index (χ1) is 19.0. The van der Waals surface area contributed by atoms with Crippen LogP contribution in [0.3, 0.4) is 0 Å². The van der Waals surface area contributed by atoms with E-state index in [4.69, 9.17) is 37.7 Å². The molecule has 0 aliphatic carbocycles. The van der Waals surface area contributed by atoms with E-state index in [1.54, 1.807) is 18.2 Å². The number of nitrogens with zero attached hydrogens (tertiary/aromatic N) is 5. The SMILES string of the molecule is O=C(c1cc(Cl)cc(Cl)c1)N1CCCN(c2nc(Cc3ccccc3)nc3onc(-c4ccccc4)c23)CC1. The minimum absolute atomic E-state index is 0.0891. The zero-order valence-electron chi connectivity index (χ0n) is 21.1. The maximum Gasteiger partial charge on any atom is 0.263 e. The lowest BCUT2D eigenvalue weighted by molar-refractivity contribution is 0.0767. The summed E-state index contributed by atoms with van der Waals surface area (Å²) in [6.45, 7) is 2.45. The highest BCUT2D eigenvalue weighted by molar-refractivity contribution is 6.35. The summed E-state index contributed by atoms with van der Waals surface area (Å²) in [4.78, 5) is 27.1. The molecule has 1 amide bonds. The molecule has 0 spiro atoms. The summed E-state index contributed by atoms with van der Waals surface area (Å²) in [5.41, 5.74) is 3.69. The molecule has 1 fully saturated rings. The topological polar surface area (TPSA) is 75.4 Å². The van der Waals surface area contributed by atoms with Crippen LogP contribution in [0.25, 0.3) is 22.4 Å². The van der Waals surface area contributed by atoms with Gasteiger partial charge in [0.25, 0.3) is 11.6 Å². The van der Waals surface area contributed by atoms with Crippen LogP contribution in [-0.4, -0.2) is 52.1 Å². The van der Waals surface area contributed by atoms with Gasteiger partial charge in [-0.25, -0.2) is 4.98 Å². The van der Waals surface area contributed by atoms with E-state index in [1.165, 1.54) is 0 Å². The van der Waals surface area contributed by atoms with Gasteiger partial charge in [0.1, 0.15) is 22.7 Å². The zero-order valence-corrected chi connectivity index (χ0v) is 22.6. The summed E-state index contributed by atoms with van der Waals surface area (Å²) in [7, 11) is 0. The van der Waals surface area contributed by atoms with Crippen molar-refractivity contribution < 1.29 is 9.32 Å². The molecule has 1 aliphatic heterocycles. The Kier molecular flexibility index (Phi) is 7.18. The molecule has 9 heteroatoms. The molecule has 7 nitrogen and oxygen atoms in total. The highest BCUT2D eigenvalue weighted by atomic mass is 35.5. The molecule has 1 aliphatic rings. The van der Waals surface area contributed by atoms with E-state index < -0.39 is 0 Å². The molecule has 3 heterocycles. The largest absolute Gasteiger partial charge is 0.354 e. The van der Waals surface area contributed by atoms with Gasteiger partial charge in [0.15, 0.2) is 0 Å². The van der Waals surface area contributed by atoms with Gasteiger partial charge in [-0.3, -0.25) is 4.79 Å². The highest BCUT2D eigenvalue weighted by Gasteiger charge is 2.26. The van der Waals surface area contributed by atoms with Gasteiger partial charge >= 0.3 is 0 Å². The fourth-order valence-corrected chi connectivity index (χ4v) is 5.48. The van der Waals surface area contributed by atoms with Gasteiger partial charge in [0, 0.05) is 53.8 Å². The Hall–Kier alpha value is -3.94. The number of aromatic nitrogens is 3. The van der Waals surface area contributed by atoms with Crippen LogP contribution in [0.2, 0.25) is 10.0 Å². The highest BCUT2D eigenvalue weighted by Crippen LogP contribution is 2.34. The van der Waals surface area contributed by atoms with Crippen molar-refractivity contribution in [1.82, 2.24) is 20.0 Å². The lowest BCUT2D eigenvalue weighted by Gasteiger charge is -2.24. The van der Waals surface area contributed by atoms with Gasteiger partial charge in [0.2, 0.25) is 0 Å². The first-order valence-electron chi connectivity index (χ1n) is 12.8. The molecule has 0 N–H and O–H groups in total. The lowest BCUT2D eigenvalue weighted by Crippen LogP contribution is -2.35. The number of hydrogen-bond acceptors (Lipinski definition) is 6. The number of halogens is 2. The number of amides is 1. The fraction of sp³-hybridized carbons (Fsp3) is 0.200. The Labute approximate surface area is 236 Å². The smallest absolute Gasteiger partial charge is 0.263 e. The summed E-state index contributed by atoms with van der Waals surface area (Å²) in [5, 5.41) is 6.06. The Balaban J connectivity index is 1.35. The van der Waals surface area contributed by atoms with E-state index in [2.05, 4.69) is 22.2 Å². The summed E-state index contributed by atoms with van der Waals surface area (Å²) in [6, 6.07) is 25.0. The number of anilines is 1. The van der Waals surface area contributed by atoms with Crippen molar-refractivity contribution in [3.05, 3.63) is 106 Å². The average molecular weight is 558 g/mol. The second kappa shape index (κ2) is 11.0. The van der Waals surface area contributed by atoms with Crippen LogP contribution in [0, 0.1) is 0 Å². The van der Waals surface area contributed by atoms with Crippen molar-refractivity contribution in [1.29, 1.82) is 0 Å². The first kappa shape index (κ1) is 25.3. The number of fused-ring (bicyclic) bond motifs is 1. The molecule has 2 aromatic heterocycles. The molecule has 5 aromatic rings. The molecule has 1 saturated heterocycles. The quantitative estimate of drug-likeness (QED) is 0.244. The van der Waals surface area contributed by atoms with E-state index in [1.807, 2.05) is 53.4 Å². The number of hydrogen-bond donors (Lipinski definition) is 0. The number of rotatable bonds is 5. The van der Waals surface area contributed by atoms with Gasteiger partial charge in [-0.2, -0.15) is 4.98 Å². The van der Waals surface area contributed by atoms with Crippen molar-refractivity contribution in [2.45, 2.75) is 12.8 Å². The third-order valence-electron chi connectivity index (χ3n) is 6.81. The molecule has 0 radical (unpaired) electrons. The minimum Gasteiger partial charge on any atom is -0.354 e. The van der Waals surface area contributed by atoms with Crippen LogP contribution in [0.15, 0.2) is 83.4 Å². The Morgan fingerprint density at radius 3 is 2.31 bits per heavy atom. The minimum atomic E-state index is -0.0891. The predicted molar refractivity (Wildman–Crippen MR) is 153 cm³/mol. The number of carbonyl (C=O) groups is 1. The second-order valence-corrected chi connectivity index (χ2v) is 10.4. The lowest BCUT2D eigenvalue weighted by atomic mass is 10.1. The van der Waals surface area contributed by atoms with Crippen LogP contribution >= 0.6 is 23.2 Å². The summed E-state index contributed by atoms with van der Waals surface area (Å²) >= 11 is 12.3. The van der Waals surface area contributed by atoms with E-state index in [0.717, 1.165) is 35.3 Å². The van der Waals surface area contributed by atoms with Gasteiger partial charge in [-0.1, -0.05) is 89.0 Å². The molecule has 39 heavy (non-hydrogen) atoms.